The largest absolute Gasteiger partial charge is 0.316 e. The quantitative estimate of drug-likeness (QED) is 0.853. The fraction of sp³-hybridized carbons (Fsp3) is 0.636. The number of thiophene rings is 1. The Bertz CT molecular complexity index is 398. The van der Waals surface area contributed by atoms with E-state index in [0.717, 1.165) is 6.42 Å². The van der Waals surface area contributed by atoms with Crippen molar-refractivity contribution in [3.8, 4) is 0 Å². The Labute approximate surface area is 102 Å². The molecule has 0 radical (unpaired) electrons. The molecule has 1 aromatic rings. The maximum Gasteiger partial charge on any atom is 0.189 e. The molecule has 5 heteroatoms. The highest BCUT2D eigenvalue weighted by atomic mass is 32.2. The van der Waals surface area contributed by atoms with Gasteiger partial charge in [-0.3, -0.25) is 0 Å². The molecule has 0 bridgehead atoms. The van der Waals surface area contributed by atoms with Gasteiger partial charge in [0, 0.05) is 6.04 Å². The molecule has 0 aliphatic rings. The third-order valence-corrected chi connectivity index (χ3v) is 6.16. The minimum atomic E-state index is -3.13. The third kappa shape index (κ3) is 3.30. The third-order valence-electron chi connectivity index (χ3n) is 2.90. The van der Waals surface area contributed by atoms with E-state index in [9.17, 15) is 8.42 Å². The van der Waals surface area contributed by atoms with E-state index in [2.05, 4.69) is 19.2 Å². The maximum absolute atomic E-state index is 12.1. The highest BCUT2D eigenvalue weighted by Gasteiger charge is 2.24. The first-order valence-electron chi connectivity index (χ1n) is 5.44. The van der Waals surface area contributed by atoms with Crippen molar-refractivity contribution in [3.05, 3.63) is 17.5 Å². The highest BCUT2D eigenvalue weighted by molar-refractivity contribution is 7.93. The van der Waals surface area contributed by atoms with Crippen molar-refractivity contribution in [2.75, 3.05) is 12.8 Å². The number of sulfone groups is 1. The SMILES string of the molecule is CCC(C)C(CS(=O)(=O)c1cccs1)NC. The minimum Gasteiger partial charge on any atom is -0.316 e. The summed E-state index contributed by atoms with van der Waals surface area (Å²) in [6.07, 6.45) is 0.978. The lowest BCUT2D eigenvalue weighted by Gasteiger charge is -2.21. The summed E-state index contributed by atoms with van der Waals surface area (Å²) < 4.78 is 24.6. The van der Waals surface area contributed by atoms with Gasteiger partial charge >= 0.3 is 0 Å². The first kappa shape index (κ1) is 13.7. The van der Waals surface area contributed by atoms with Gasteiger partial charge in [-0.15, -0.1) is 11.3 Å². The van der Waals surface area contributed by atoms with Crippen LogP contribution in [0, 0.1) is 5.92 Å². The standard InChI is InChI=1S/C11H19NO2S2/c1-4-9(2)10(12-3)8-16(13,14)11-6-5-7-15-11/h5-7,9-10,12H,4,8H2,1-3H3. The van der Waals surface area contributed by atoms with Crippen LogP contribution in [0.1, 0.15) is 20.3 Å². The maximum atomic E-state index is 12.1. The molecule has 1 aromatic heterocycles. The average molecular weight is 261 g/mol. The molecule has 1 rings (SSSR count). The summed E-state index contributed by atoms with van der Waals surface area (Å²) in [5.41, 5.74) is 0. The Balaban J connectivity index is 2.79. The molecule has 0 amide bonds. The van der Waals surface area contributed by atoms with Crippen molar-refractivity contribution in [2.24, 2.45) is 5.92 Å². The lowest BCUT2D eigenvalue weighted by Crippen LogP contribution is -2.38. The van der Waals surface area contributed by atoms with E-state index in [4.69, 9.17) is 0 Å². The molecule has 0 fully saturated rings. The Morgan fingerprint density at radius 3 is 2.62 bits per heavy atom. The van der Waals surface area contributed by atoms with Gasteiger partial charge in [0.05, 0.1) is 5.75 Å². The predicted molar refractivity (Wildman–Crippen MR) is 68.7 cm³/mol. The zero-order chi connectivity index (χ0) is 12.2. The van der Waals surface area contributed by atoms with Crippen molar-refractivity contribution in [1.82, 2.24) is 5.32 Å². The zero-order valence-electron chi connectivity index (χ0n) is 9.93. The lowest BCUT2D eigenvalue weighted by molar-refractivity contribution is 0.414. The zero-order valence-corrected chi connectivity index (χ0v) is 11.6. The first-order valence-corrected chi connectivity index (χ1v) is 7.98. The molecule has 2 atom stereocenters. The van der Waals surface area contributed by atoms with Gasteiger partial charge in [0.1, 0.15) is 4.21 Å². The molecule has 0 aromatic carbocycles. The first-order chi connectivity index (χ1) is 7.51. The van der Waals surface area contributed by atoms with Crippen molar-refractivity contribution in [3.63, 3.8) is 0 Å². The van der Waals surface area contributed by atoms with Gasteiger partial charge in [-0.05, 0) is 24.4 Å². The summed E-state index contributed by atoms with van der Waals surface area (Å²) in [5.74, 6) is 0.540. The van der Waals surface area contributed by atoms with Crippen LogP contribution in [0.25, 0.3) is 0 Å². The molecule has 0 saturated carbocycles. The number of hydrogen-bond donors (Lipinski definition) is 1. The van der Waals surface area contributed by atoms with Crippen molar-refractivity contribution < 1.29 is 8.42 Å². The van der Waals surface area contributed by atoms with Gasteiger partial charge in [-0.1, -0.05) is 26.3 Å². The summed E-state index contributed by atoms with van der Waals surface area (Å²) >= 11 is 1.29. The second-order valence-corrected chi connectivity index (χ2v) is 7.20. The Kier molecular flexibility index (Phi) is 4.95. The minimum absolute atomic E-state index is 0.0251. The van der Waals surface area contributed by atoms with Crippen molar-refractivity contribution in [1.29, 1.82) is 0 Å². The second kappa shape index (κ2) is 5.80. The molecule has 2 unspecified atom stereocenters. The Morgan fingerprint density at radius 1 is 1.50 bits per heavy atom. The molecule has 0 saturated heterocycles. The molecule has 16 heavy (non-hydrogen) atoms. The summed E-state index contributed by atoms with van der Waals surface area (Å²) in [6.45, 7) is 4.15. The van der Waals surface area contributed by atoms with Crippen LogP contribution in [-0.2, 0) is 9.84 Å². The molecule has 0 spiro atoms. The van der Waals surface area contributed by atoms with Gasteiger partial charge < -0.3 is 5.32 Å². The average Bonchev–Trinajstić information content (AvgIpc) is 2.78. The molecular formula is C11H19NO2S2. The van der Waals surface area contributed by atoms with E-state index in [1.165, 1.54) is 11.3 Å². The highest BCUT2D eigenvalue weighted by Crippen LogP contribution is 2.20. The van der Waals surface area contributed by atoms with Crippen LogP contribution in [0.3, 0.4) is 0 Å². The predicted octanol–water partition coefficient (Wildman–Crippen LogP) is 2.16. The molecule has 92 valence electrons. The molecule has 0 aliphatic carbocycles. The summed E-state index contributed by atoms with van der Waals surface area (Å²) in [5, 5.41) is 4.89. The van der Waals surface area contributed by atoms with Crippen LogP contribution >= 0.6 is 11.3 Å². The number of rotatable bonds is 6. The van der Waals surface area contributed by atoms with E-state index in [1.807, 2.05) is 7.05 Å². The van der Waals surface area contributed by atoms with E-state index in [-0.39, 0.29) is 11.8 Å². The molecule has 3 nitrogen and oxygen atoms in total. The van der Waals surface area contributed by atoms with E-state index < -0.39 is 9.84 Å². The molecule has 1 N–H and O–H groups in total. The lowest BCUT2D eigenvalue weighted by atomic mass is 10.0. The normalized spacial score (nSPS) is 15.9. The van der Waals surface area contributed by atoms with E-state index in [0.29, 0.717) is 10.1 Å². The topological polar surface area (TPSA) is 46.2 Å². The van der Waals surface area contributed by atoms with Crippen LogP contribution in [0.5, 0.6) is 0 Å². The fourth-order valence-electron chi connectivity index (χ4n) is 1.58. The van der Waals surface area contributed by atoms with E-state index >= 15 is 0 Å². The molecule has 0 aliphatic heterocycles. The van der Waals surface area contributed by atoms with E-state index in [1.54, 1.807) is 17.5 Å². The fourth-order valence-corrected chi connectivity index (χ4v) is 4.40. The van der Waals surface area contributed by atoms with Gasteiger partial charge in [-0.25, -0.2) is 8.42 Å². The molecular weight excluding hydrogens is 242 g/mol. The number of hydrogen-bond acceptors (Lipinski definition) is 4. The smallest absolute Gasteiger partial charge is 0.189 e. The van der Waals surface area contributed by atoms with Crippen molar-refractivity contribution in [2.45, 2.75) is 30.5 Å². The molecule has 1 heterocycles. The van der Waals surface area contributed by atoms with Gasteiger partial charge in [0.15, 0.2) is 9.84 Å². The summed E-state index contributed by atoms with van der Waals surface area (Å²) in [4.78, 5) is 0. The van der Waals surface area contributed by atoms with Crippen molar-refractivity contribution >= 4 is 21.2 Å². The van der Waals surface area contributed by atoms with Gasteiger partial charge in [0.2, 0.25) is 0 Å². The van der Waals surface area contributed by atoms with Crippen LogP contribution in [-0.4, -0.2) is 27.3 Å². The Hall–Kier alpha value is -0.390. The monoisotopic (exact) mass is 261 g/mol. The Morgan fingerprint density at radius 2 is 2.19 bits per heavy atom. The van der Waals surface area contributed by atoms with Gasteiger partial charge in [-0.2, -0.15) is 0 Å². The number of nitrogens with one attached hydrogen (secondary N) is 1. The van der Waals surface area contributed by atoms with Crippen LogP contribution in [0.4, 0.5) is 0 Å². The van der Waals surface area contributed by atoms with Gasteiger partial charge in [0.25, 0.3) is 0 Å². The van der Waals surface area contributed by atoms with Crippen LogP contribution < -0.4 is 5.32 Å². The van der Waals surface area contributed by atoms with Crippen LogP contribution in [0.2, 0.25) is 0 Å². The second-order valence-electron chi connectivity index (χ2n) is 3.99. The summed E-state index contributed by atoms with van der Waals surface area (Å²) in [7, 11) is -1.31. The van der Waals surface area contributed by atoms with Crippen LogP contribution in [0.15, 0.2) is 21.7 Å². The summed E-state index contributed by atoms with van der Waals surface area (Å²) in [6, 6.07) is 3.47.